The molecule has 0 saturated heterocycles. The van der Waals surface area contributed by atoms with Crippen LogP contribution in [0.4, 0.5) is 0 Å². The topological polar surface area (TPSA) is 113 Å². The van der Waals surface area contributed by atoms with Crippen molar-refractivity contribution in [3.8, 4) is 11.5 Å². The van der Waals surface area contributed by atoms with E-state index < -0.39 is 18.2 Å². The van der Waals surface area contributed by atoms with Crippen LogP contribution in [0, 0.1) is 6.92 Å². The molecule has 2 rings (SSSR count). The molecule has 1 unspecified atom stereocenters. The Bertz CT molecular complexity index is 718. The monoisotopic (exact) mass is 336 g/mol. The number of carboxylic acid groups (broad SMARTS) is 1. The maximum absolute atomic E-state index is 11.9. The van der Waals surface area contributed by atoms with Gasteiger partial charge in [-0.25, -0.2) is 4.79 Å². The molecule has 0 bridgehead atoms. The Morgan fingerprint density at radius 1 is 1.38 bits per heavy atom. The minimum atomic E-state index is -1.42. The van der Waals surface area contributed by atoms with Crippen molar-refractivity contribution in [2.24, 2.45) is 0 Å². The molecule has 0 amide bonds. The number of ether oxygens (including phenoxy) is 2. The second-order valence-electron chi connectivity index (χ2n) is 5.68. The van der Waals surface area contributed by atoms with Crippen LogP contribution in [0.5, 0.6) is 11.5 Å². The zero-order chi connectivity index (χ0) is 18.0. The predicted octanol–water partition coefficient (Wildman–Crippen LogP) is 2.22. The van der Waals surface area contributed by atoms with Gasteiger partial charge in [0.05, 0.1) is 7.11 Å². The fourth-order valence-electron chi connectivity index (χ4n) is 2.80. The van der Waals surface area contributed by atoms with E-state index in [2.05, 4.69) is 0 Å². The molecule has 0 radical (unpaired) electrons. The number of rotatable bonds is 6. The summed E-state index contributed by atoms with van der Waals surface area (Å²) >= 11 is 0. The number of aliphatic hydroxyl groups excluding tert-OH is 1. The number of carboxylic acids is 1. The smallest absolute Gasteiger partial charge is 0.345 e. The number of aromatic hydroxyl groups is 1. The third-order valence-electron chi connectivity index (χ3n) is 4.07. The van der Waals surface area contributed by atoms with Crippen LogP contribution in [-0.4, -0.2) is 34.4 Å². The minimum Gasteiger partial charge on any atom is -0.507 e. The summed E-state index contributed by atoms with van der Waals surface area (Å²) in [5.41, 5.74) is 1.93. The fourth-order valence-corrected chi connectivity index (χ4v) is 2.80. The molecule has 0 fully saturated rings. The third-order valence-corrected chi connectivity index (χ3v) is 4.07. The van der Waals surface area contributed by atoms with E-state index in [0.29, 0.717) is 23.3 Å². The Hall–Kier alpha value is -2.54. The number of carbonyl (C=O) groups is 2. The number of benzene rings is 1. The molecule has 0 aromatic heterocycles. The van der Waals surface area contributed by atoms with Crippen LogP contribution in [0.3, 0.4) is 0 Å². The van der Waals surface area contributed by atoms with E-state index in [0.717, 1.165) is 5.57 Å². The van der Waals surface area contributed by atoms with Crippen LogP contribution in [-0.2, 0) is 16.0 Å². The third kappa shape index (κ3) is 3.21. The minimum absolute atomic E-state index is 0.0210. The average molecular weight is 336 g/mol. The van der Waals surface area contributed by atoms with Crippen LogP contribution >= 0.6 is 0 Å². The highest BCUT2D eigenvalue weighted by molar-refractivity contribution is 5.98. The van der Waals surface area contributed by atoms with E-state index in [1.54, 1.807) is 19.9 Å². The van der Waals surface area contributed by atoms with Gasteiger partial charge in [0, 0.05) is 23.1 Å². The molecule has 0 saturated carbocycles. The van der Waals surface area contributed by atoms with E-state index in [1.807, 2.05) is 0 Å². The van der Waals surface area contributed by atoms with Gasteiger partial charge in [-0.05, 0) is 26.7 Å². The molecule has 3 N–H and O–H groups in total. The van der Waals surface area contributed by atoms with Gasteiger partial charge < -0.3 is 24.8 Å². The molecule has 7 nitrogen and oxygen atoms in total. The average Bonchev–Trinajstić information content (AvgIpc) is 2.82. The van der Waals surface area contributed by atoms with Gasteiger partial charge in [0.2, 0.25) is 6.29 Å². The number of allylic oxidation sites excluding steroid dienone is 2. The number of carbonyl (C=O) groups excluding carboxylic acids is 1. The molecule has 130 valence electrons. The number of hydrogen-bond donors (Lipinski definition) is 3. The largest absolute Gasteiger partial charge is 0.507 e. The van der Waals surface area contributed by atoms with Crippen molar-refractivity contribution in [1.29, 1.82) is 0 Å². The number of hydrogen-bond acceptors (Lipinski definition) is 6. The van der Waals surface area contributed by atoms with Crippen LogP contribution in [0.2, 0.25) is 0 Å². The standard InChI is InChI=1S/C17H20O7/c1-8(5-7-11(18)19)4-6-10-14(20)13-12(9(2)15(10)23-3)16(21)24-17(13)22/h4,16,20-21H,5-7H2,1-3H3,(H,18,19). The fraction of sp³-hybridized carbons (Fsp3) is 0.412. The van der Waals surface area contributed by atoms with Gasteiger partial charge >= 0.3 is 11.9 Å². The summed E-state index contributed by atoms with van der Waals surface area (Å²) in [5, 5.41) is 29.0. The number of esters is 1. The van der Waals surface area contributed by atoms with Crippen LogP contribution in [0.25, 0.3) is 0 Å². The first kappa shape index (κ1) is 17.8. The van der Waals surface area contributed by atoms with E-state index >= 15 is 0 Å². The number of cyclic esters (lactones) is 1. The molecule has 1 aliphatic rings. The zero-order valence-electron chi connectivity index (χ0n) is 13.8. The molecule has 1 aliphatic heterocycles. The summed E-state index contributed by atoms with van der Waals surface area (Å²) in [6.45, 7) is 3.47. The van der Waals surface area contributed by atoms with Crippen molar-refractivity contribution in [2.45, 2.75) is 39.4 Å². The van der Waals surface area contributed by atoms with Gasteiger partial charge in [-0.1, -0.05) is 11.6 Å². The Morgan fingerprint density at radius 3 is 2.62 bits per heavy atom. The lowest BCUT2D eigenvalue weighted by atomic mass is 9.94. The van der Waals surface area contributed by atoms with Crippen LogP contribution in [0.15, 0.2) is 11.6 Å². The summed E-state index contributed by atoms with van der Waals surface area (Å²) in [7, 11) is 1.43. The van der Waals surface area contributed by atoms with Crippen molar-refractivity contribution in [2.75, 3.05) is 7.11 Å². The maximum Gasteiger partial charge on any atom is 0.345 e. The molecule has 1 atom stereocenters. The first-order chi connectivity index (χ1) is 11.3. The zero-order valence-corrected chi connectivity index (χ0v) is 13.8. The molecule has 24 heavy (non-hydrogen) atoms. The molecule has 1 aromatic carbocycles. The maximum atomic E-state index is 11.9. The number of phenols is 1. The SMILES string of the molecule is COc1c(C)c2c(c(O)c1CC=C(C)CCC(=O)O)C(=O)OC2O. The first-order valence-corrected chi connectivity index (χ1v) is 7.46. The molecular formula is C17H20O7. The van der Waals surface area contributed by atoms with Gasteiger partial charge in [-0.15, -0.1) is 0 Å². The highest BCUT2D eigenvalue weighted by Gasteiger charge is 2.37. The Labute approximate surface area is 139 Å². The lowest BCUT2D eigenvalue weighted by Gasteiger charge is -2.16. The molecule has 0 aliphatic carbocycles. The van der Waals surface area contributed by atoms with Gasteiger partial charge in [-0.3, -0.25) is 4.79 Å². The van der Waals surface area contributed by atoms with Gasteiger partial charge in [0.15, 0.2) is 0 Å². The predicted molar refractivity (Wildman–Crippen MR) is 84.1 cm³/mol. The number of phenolic OH excluding ortho intramolecular Hbond substituents is 1. The summed E-state index contributed by atoms with van der Waals surface area (Å²) in [6, 6.07) is 0. The number of aliphatic hydroxyl groups is 1. The normalized spacial score (nSPS) is 16.8. The van der Waals surface area contributed by atoms with Crippen LogP contribution in [0.1, 0.15) is 53.1 Å². The Morgan fingerprint density at radius 2 is 2.04 bits per heavy atom. The summed E-state index contributed by atoms with van der Waals surface area (Å²) in [6.07, 6.45) is 1.03. The Balaban J connectivity index is 2.42. The van der Waals surface area contributed by atoms with E-state index in [1.165, 1.54) is 7.11 Å². The molecule has 1 aromatic rings. The first-order valence-electron chi connectivity index (χ1n) is 7.46. The van der Waals surface area contributed by atoms with Crippen molar-refractivity contribution in [3.63, 3.8) is 0 Å². The summed E-state index contributed by atoms with van der Waals surface area (Å²) in [5.74, 6) is -1.58. The van der Waals surface area contributed by atoms with Crippen molar-refractivity contribution in [3.05, 3.63) is 33.9 Å². The van der Waals surface area contributed by atoms with E-state index in [-0.39, 0.29) is 29.7 Å². The van der Waals surface area contributed by atoms with E-state index in [4.69, 9.17) is 14.6 Å². The van der Waals surface area contributed by atoms with Gasteiger partial charge in [0.1, 0.15) is 17.1 Å². The van der Waals surface area contributed by atoms with Gasteiger partial charge in [0.25, 0.3) is 0 Å². The van der Waals surface area contributed by atoms with Crippen molar-refractivity contribution in [1.82, 2.24) is 0 Å². The Kier molecular flexibility index (Phi) is 5.14. The number of methoxy groups -OCH3 is 1. The van der Waals surface area contributed by atoms with Crippen LogP contribution < -0.4 is 4.74 Å². The van der Waals surface area contributed by atoms with E-state index in [9.17, 15) is 19.8 Å². The van der Waals surface area contributed by atoms with Gasteiger partial charge in [-0.2, -0.15) is 0 Å². The second kappa shape index (κ2) is 6.92. The number of aliphatic carboxylic acids is 1. The van der Waals surface area contributed by atoms with Crippen molar-refractivity contribution >= 4 is 11.9 Å². The second-order valence-corrected chi connectivity index (χ2v) is 5.68. The lowest BCUT2D eigenvalue weighted by Crippen LogP contribution is -2.04. The highest BCUT2D eigenvalue weighted by atomic mass is 16.6. The quantitative estimate of drug-likeness (QED) is 0.539. The molecule has 1 heterocycles. The molecule has 0 spiro atoms. The molecule has 7 heteroatoms. The van der Waals surface area contributed by atoms with Crippen molar-refractivity contribution < 1.29 is 34.4 Å². The molecular weight excluding hydrogens is 316 g/mol. The highest BCUT2D eigenvalue weighted by Crippen LogP contribution is 2.45. The summed E-state index contributed by atoms with van der Waals surface area (Å²) in [4.78, 5) is 22.5. The number of fused-ring (bicyclic) bond motifs is 1. The lowest BCUT2D eigenvalue weighted by molar-refractivity contribution is -0.136. The summed E-state index contributed by atoms with van der Waals surface area (Å²) < 4.78 is 10.1.